The Morgan fingerprint density at radius 1 is 1.31 bits per heavy atom. The Morgan fingerprint density at radius 3 is 2.62 bits per heavy atom. The normalized spacial score (nSPS) is 12.6. The molecule has 1 N–H and O–H groups in total. The summed E-state index contributed by atoms with van der Waals surface area (Å²) < 4.78 is 28.6. The number of rotatable bonds is 6. The molecule has 0 heterocycles. The fraction of sp³-hybridized carbons (Fsp3) is 0.500. The molecule has 0 amide bonds. The van der Waals surface area contributed by atoms with Crippen LogP contribution in [0.1, 0.15) is 20.3 Å². The lowest BCUT2D eigenvalue weighted by molar-refractivity contribution is -0.0493. The molecule has 0 aliphatic carbocycles. The molecule has 2 nitrogen and oxygen atoms in total. The molecule has 0 aliphatic rings. The van der Waals surface area contributed by atoms with Crippen molar-refractivity contribution in [2.45, 2.75) is 26.9 Å². The number of hydrogen-bond donors (Lipinski definition) is 1. The lowest BCUT2D eigenvalue weighted by Crippen LogP contribution is -2.12. The average molecular weight is 229 g/mol. The summed E-state index contributed by atoms with van der Waals surface area (Å²) in [7, 11) is 0. The van der Waals surface area contributed by atoms with E-state index in [1.54, 1.807) is 18.2 Å². The van der Waals surface area contributed by atoms with Gasteiger partial charge in [-0.1, -0.05) is 32.4 Å². The zero-order chi connectivity index (χ0) is 12.0. The number of anilines is 1. The summed E-state index contributed by atoms with van der Waals surface area (Å²) in [6, 6.07) is 6.73. The molecule has 90 valence electrons. The minimum absolute atomic E-state index is 0.195. The van der Waals surface area contributed by atoms with E-state index < -0.39 is 6.61 Å². The maximum Gasteiger partial charge on any atom is 0.387 e. The van der Waals surface area contributed by atoms with E-state index in [0.29, 0.717) is 11.6 Å². The van der Waals surface area contributed by atoms with Crippen LogP contribution in [0.3, 0.4) is 0 Å². The van der Waals surface area contributed by atoms with Crippen LogP contribution < -0.4 is 10.1 Å². The minimum Gasteiger partial charge on any atom is -0.433 e. The molecule has 0 radical (unpaired) electrons. The van der Waals surface area contributed by atoms with Crippen LogP contribution in [0.5, 0.6) is 5.75 Å². The predicted molar refractivity (Wildman–Crippen MR) is 61.0 cm³/mol. The summed E-state index contributed by atoms with van der Waals surface area (Å²) in [6.45, 7) is 2.16. The molecule has 0 bridgehead atoms. The van der Waals surface area contributed by atoms with E-state index in [9.17, 15) is 8.78 Å². The molecule has 4 heteroatoms. The molecule has 0 aromatic heterocycles. The van der Waals surface area contributed by atoms with Crippen molar-refractivity contribution in [1.82, 2.24) is 0 Å². The van der Waals surface area contributed by atoms with Crippen molar-refractivity contribution in [2.24, 2.45) is 5.92 Å². The van der Waals surface area contributed by atoms with E-state index in [-0.39, 0.29) is 5.75 Å². The number of halogens is 2. The van der Waals surface area contributed by atoms with Crippen molar-refractivity contribution in [3.8, 4) is 5.75 Å². The van der Waals surface area contributed by atoms with E-state index in [0.717, 1.165) is 13.0 Å². The SMILES string of the molecule is CCC(C)CNc1ccccc1OC(F)F. The van der Waals surface area contributed by atoms with Crippen molar-refractivity contribution < 1.29 is 13.5 Å². The molecule has 1 aromatic carbocycles. The van der Waals surface area contributed by atoms with Gasteiger partial charge < -0.3 is 10.1 Å². The first kappa shape index (κ1) is 12.7. The topological polar surface area (TPSA) is 21.3 Å². The molecule has 1 atom stereocenters. The van der Waals surface area contributed by atoms with E-state index in [2.05, 4.69) is 23.9 Å². The first-order valence-corrected chi connectivity index (χ1v) is 5.41. The van der Waals surface area contributed by atoms with E-state index in [4.69, 9.17) is 0 Å². The van der Waals surface area contributed by atoms with Gasteiger partial charge in [-0.25, -0.2) is 0 Å². The summed E-state index contributed by atoms with van der Waals surface area (Å²) in [4.78, 5) is 0. The van der Waals surface area contributed by atoms with Crippen molar-refractivity contribution in [3.63, 3.8) is 0 Å². The Labute approximate surface area is 94.6 Å². The molecule has 1 unspecified atom stereocenters. The average Bonchev–Trinajstić information content (AvgIpc) is 2.26. The second-order valence-electron chi connectivity index (χ2n) is 3.77. The van der Waals surface area contributed by atoms with Crippen molar-refractivity contribution in [3.05, 3.63) is 24.3 Å². The summed E-state index contributed by atoms with van der Waals surface area (Å²) in [5.41, 5.74) is 0.614. The highest BCUT2D eigenvalue weighted by Crippen LogP contribution is 2.25. The van der Waals surface area contributed by atoms with Gasteiger partial charge in [-0.05, 0) is 18.1 Å². The van der Waals surface area contributed by atoms with Gasteiger partial charge in [-0.2, -0.15) is 8.78 Å². The largest absolute Gasteiger partial charge is 0.433 e. The van der Waals surface area contributed by atoms with Gasteiger partial charge in [-0.3, -0.25) is 0 Å². The highest BCUT2D eigenvalue weighted by Gasteiger charge is 2.09. The number of nitrogens with one attached hydrogen (secondary N) is 1. The monoisotopic (exact) mass is 229 g/mol. The molecule has 16 heavy (non-hydrogen) atoms. The van der Waals surface area contributed by atoms with Gasteiger partial charge in [0, 0.05) is 6.54 Å². The maximum absolute atomic E-state index is 12.1. The van der Waals surface area contributed by atoms with E-state index in [1.807, 2.05) is 0 Å². The predicted octanol–water partition coefficient (Wildman–Crippen LogP) is 3.75. The second-order valence-corrected chi connectivity index (χ2v) is 3.77. The third-order valence-electron chi connectivity index (χ3n) is 2.44. The van der Waals surface area contributed by atoms with Crippen LogP contribution in [-0.2, 0) is 0 Å². The summed E-state index contributed by atoms with van der Waals surface area (Å²) in [5.74, 6) is 0.695. The summed E-state index contributed by atoms with van der Waals surface area (Å²) in [6.07, 6.45) is 1.05. The summed E-state index contributed by atoms with van der Waals surface area (Å²) in [5, 5.41) is 3.11. The number of benzene rings is 1. The Bertz CT molecular complexity index is 318. The van der Waals surface area contributed by atoms with Crippen LogP contribution in [0, 0.1) is 5.92 Å². The van der Waals surface area contributed by atoms with E-state index in [1.165, 1.54) is 6.07 Å². The number of alkyl halides is 2. The molecule has 0 fully saturated rings. The van der Waals surface area contributed by atoms with Crippen molar-refractivity contribution in [1.29, 1.82) is 0 Å². The Morgan fingerprint density at radius 2 is 2.00 bits per heavy atom. The standard InChI is InChI=1S/C12H17F2NO/c1-3-9(2)8-15-10-6-4-5-7-11(10)16-12(13)14/h4-7,9,12,15H,3,8H2,1-2H3. The highest BCUT2D eigenvalue weighted by molar-refractivity contribution is 5.56. The maximum atomic E-state index is 12.1. The molecule has 0 saturated carbocycles. The fourth-order valence-electron chi connectivity index (χ4n) is 1.24. The number of hydrogen-bond acceptors (Lipinski definition) is 2. The highest BCUT2D eigenvalue weighted by atomic mass is 19.3. The van der Waals surface area contributed by atoms with Crippen LogP contribution in [-0.4, -0.2) is 13.2 Å². The fourth-order valence-corrected chi connectivity index (χ4v) is 1.24. The van der Waals surface area contributed by atoms with Crippen LogP contribution in [0.2, 0.25) is 0 Å². The Balaban J connectivity index is 2.63. The first-order valence-electron chi connectivity index (χ1n) is 5.41. The molecular weight excluding hydrogens is 212 g/mol. The van der Waals surface area contributed by atoms with Gasteiger partial charge in [0.1, 0.15) is 5.75 Å². The molecule has 1 rings (SSSR count). The van der Waals surface area contributed by atoms with Crippen molar-refractivity contribution in [2.75, 3.05) is 11.9 Å². The lowest BCUT2D eigenvalue weighted by Gasteiger charge is -2.14. The van der Waals surface area contributed by atoms with Crippen LogP contribution in [0.15, 0.2) is 24.3 Å². The van der Waals surface area contributed by atoms with Gasteiger partial charge in [0.15, 0.2) is 0 Å². The van der Waals surface area contributed by atoms with Gasteiger partial charge in [0.25, 0.3) is 0 Å². The smallest absolute Gasteiger partial charge is 0.387 e. The summed E-state index contributed by atoms with van der Waals surface area (Å²) >= 11 is 0. The molecule has 0 aliphatic heterocycles. The third-order valence-corrected chi connectivity index (χ3v) is 2.44. The van der Waals surface area contributed by atoms with Gasteiger partial charge >= 0.3 is 6.61 Å². The Hall–Kier alpha value is -1.32. The molecule has 0 saturated heterocycles. The zero-order valence-corrected chi connectivity index (χ0v) is 9.54. The zero-order valence-electron chi connectivity index (χ0n) is 9.54. The van der Waals surface area contributed by atoms with Crippen LogP contribution in [0.4, 0.5) is 14.5 Å². The number of para-hydroxylation sites is 2. The molecular formula is C12H17F2NO. The number of ether oxygens (including phenoxy) is 1. The first-order chi connectivity index (χ1) is 7.63. The Kier molecular flexibility index (Phi) is 5.02. The molecule has 0 spiro atoms. The van der Waals surface area contributed by atoms with Gasteiger partial charge in [-0.15, -0.1) is 0 Å². The minimum atomic E-state index is -2.79. The van der Waals surface area contributed by atoms with Gasteiger partial charge in [0.05, 0.1) is 5.69 Å². The van der Waals surface area contributed by atoms with Crippen molar-refractivity contribution >= 4 is 5.69 Å². The van der Waals surface area contributed by atoms with Gasteiger partial charge in [0.2, 0.25) is 0 Å². The third kappa shape index (κ3) is 4.04. The van der Waals surface area contributed by atoms with E-state index >= 15 is 0 Å². The second kappa shape index (κ2) is 6.30. The lowest BCUT2D eigenvalue weighted by atomic mass is 10.1. The van der Waals surface area contributed by atoms with Crippen LogP contribution >= 0.6 is 0 Å². The molecule has 1 aromatic rings. The quantitative estimate of drug-likeness (QED) is 0.802. The van der Waals surface area contributed by atoms with Crippen LogP contribution in [0.25, 0.3) is 0 Å².